The normalized spacial score (nSPS) is 13.2. The maximum Gasteiger partial charge on any atom is 0.306 e. The minimum absolute atomic E-state index is 0.0971. The molecule has 0 rings (SSSR count). The van der Waals surface area contributed by atoms with E-state index >= 15 is 0 Å². The van der Waals surface area contributed by atoms with E-state index in [4.69, 9.17) is 14.2 Å². The van der Waals surface area contributed by atoms with Crippen LogP contribution in [0.2, 0.25) is 0 Å². The summed E-state index contributed by atoms with van der Waals surface area (Å²) in [4.78, 5) is 38.3. The zero-order valence-corrected chi connectivity index (χ0v) is 53.4. The Balaban J connectivity index is 4.36. The van der Waals surface area contributed by atoms with Gasteiger partial charge in [0, 0.05) is 19.3 Å². The lowest BCUT2D eigenvalue weighted by atomic mass is 10.1. The lowest BCUT2D eigenvalue weighted by Crippen LogP contribution is -2.30. The molecule has 0 saturated heterocycles. The Hall–Kier alpha value is -5.23. The molecule has 1 atom stereocenters. The topological polar surface area (TPSA) is 78.9 Å². The first-order chi connectivity index (χ1) is 41.0. The first-order valence-electron chi connectivity index (χ1n) is 33.6. The van der Waals surface area contributed by atoms with E-state index in [0.717, 1.165) is 186 Å². The van der Waals surface area contributed by atoms with Gasteiger partial charge in [0.1, 0.15) is 13.2 Å². The summed E-state index contributed by atoms with van der Waals surface area (Å²) in [7, 11) is 0. The van der Waals surface area contributed by atoms with Crippen molar-refractivity contribution in [1.29, 1.82) is 0 Å². The maximum atomic E-state index is 12.9. The number of allylic oxidation sites excluding steroid dienone is 28. The molecule has 0 aromatic rings. The molecule has 0 heterocycles. The van der Waals surface area contributed by atoms with Crippen molar-refractivity contribution in [2.75, 3.05) is 13.2 Å². The Bertz CT molecular complexity index is 1890. The SMILES string of the molecule is CC/C=C\C/C=C\C/C=C\C/C=C\C/C=C\C/C=C\C/C=C\C/C=C\C/C=C\CCCCCCCC(=O)OCC(COC(=O)CCCCCCCCCCCCC)OC(=O)CCCCCCC/C=C\C/C=C\C/C=C\C/C=C\C/C=C\CC. The number of rotatable bonds is 59. The summed E-state index contributed by atoms with van der Waals surface area (Å²) in [5, 5.41) is 0. The summed E-state index contributed by atoms with van der Waals surface area (Å²) in [6.07, 6.45) is 102. The number of carbonyl (C=O) groups excluding carboxylic acids is 3. The molecule has 0 bridgehead atoms. The molecule has 0 aromatic heterocycles. The van der Waals surface area contributed by atoms with E-state index in [-0.39, 0.29) is 31.1 Å². The fourth-order valence-electron chi connectivity index (χ4n) is 8.76. The van der Waals surface area contributed by atoms with Crippen molar-refractivity contribution >= 4 is 17.9 Å². The average Bonchev–Trinajstić information content (AvgIpc) is 3.48. The van der Waals surface area contributed by atoms with Gasteiger partial charge in [0.05, 0.1) is 0 Å². The highest BCUT2D eigenvalue weighted by atomic mass is 16.6. The summed E-state index contributed by atoms with van der Waals surface area (Å²) in [5.74, 6) is -0.939. The van der Waals surface area contributed by atoms with Crippen molar-refractivity contribution in [3.05, 3.63) is 170 Å². The van der Waals surface area contributed by atoms with Gasteiger partial charge in [0.25, 0.3) is 0 Å². The number of carbonyl (C=O) groups is 3. The molecule has 0 fully saturated rings. The minimum Gasteiger partial charge on any atom is -0.462 e. The van der Waals surface area contributed by atoms with Gasteiger partial charge in [-0.15, -0.1) is 0 Å². The van der Waals surface area contributed by atoms with E-state index < -0.39 is 6.10 Å². The first-order valence-corrected chi connectivity index (χ1v) is 33.6. The lowest BCUT2D eigenvalue weighted by molar-refractivity contribution is -0.167. The van der Waals surface area contributed by atoms with Gasteiger partial charge >= 0.3 is 17.9 Å². The van der Waals surface area contributed by atoms with Gasteiger partial charge < -0.3 is 14.2 Å². The van der Waals surface area contributed by atoms with Crippen LogP contribution in [0.25, 0.3) is 0 Å². The molecular weight excluding hydrogens is 1020 g/mol. The van der Waals surface area contributed by atoms with Crippen LogP contribution < -0.4 is 0 Å². The molecule has 0 spiro atoms. The molecule has 6 heteroatoms. The molecule has 0 N–H and O–H groups in total. The number of hydrogen-bond acceptors (Lipinski definition) is 6. The summed E-state index contributed by atoms with van der Waals surface area (Å²) >= 11 is 0. The van der Waals surface area contributed by atoms with Crippen LogP contribution in [0.3, 0.4) is 0 Å². The van der Waals surface area contributed by atoms with Crippen molar-refractivity contribution in [3.63, 3.8) is 0 Å². The third-order valence-electron chi connectivity index (χ3n) is 13.7. The van der Waals surface area contributed by atoms with E-state index in [9.17, 15) is 14.4 Å². The van der Waals surface area contributed by atoms with Crippen molar-refractivity contribution in [1.82, 2.24) is 0 Å². The van der Waals surface area contributed by atoms with E-state index in [1.165, 1.54) is 51.4 Å². The second kappa shape index (κ2) is 69.3. The summed E-state index contributed by atoms with van der Waals surface area (Å²) in [6.45, 7) is 6.37. The molecule has 0 radical (unpaired) electrons. The van der Waals surface area contributed by atoms with E-state index in [0.29, 0.717) is 19.3 Å². The molecule has 0 aromatic carbocycles. The highest BCUT2D eigenvalue weighted by Crippen LogP contribution is 2.15. The van der Waals surface area contributed by atoms with Gasteiger partial charge in [-0.1, -0.05) is 294 Å². The van der Waals surface area contributed by atoms with Gasteiger partial charge in [0.2, 0.25) is 0 Å². The Morgan fingerprint density at radius 1 is 0.253 bits per heavy atom. The third kappa shape index (κ3) is 67.4. The molecule has 0 aliphatic carbocycles. The monoisotopic (exact) mass is 1140 g/mol. The predicted molar refractivity (Wildman–Crippen MR) is 361 cm³/mol. The van der Waals surface area contributed by atoms with Crippen molar-refractivity contribution < 1.29 is 28.6 Å². The van der Waals surface area contributed by atoms with E-state index in [2.05, 4.69) is 191 Å². The molecular formula is C77H122O6. The maximum absolute atomic E-state index is 12.9. The summed E-state index contributed by atoms with van der Waals surface area (Å²) in [5.41, 5.74) is 0. The van der Waals surface area contributed by atoms with Gasteiger partial charge in [0.15, 0.2) is 6.10 Å². The quantitative estimate of drug-likeness (QED) is 0.0261. The van der Waals surface area contributed by atoms with Crippen LogP contribution in [-0.2, 0) is 28.6 Å². The number of hydrogen-bond donors (Lipinski definition) is 0. The average molecular weight is 1140 g/mol. The van der Waals surface area contributed by atoms with Crippen molar-refractivity contribution in [3.8, 4) is 0 Å². The zero-order chi connectivity index (χ0) is 59.9. The van der Waals surface area contributed by atoms with Crippen LogP contribution in [0.4, 0.5) is 0 Å². The summed E-state index contributed by atoms with van der Waals surface area (Å²) in [6, 6.07) is 0. The standard InChI is InChI=1S/C77H122O6/c1-4-7-10-13-16-19-22-24-26-28-30-32-33-34-35-36-37-38-39-40-41-42-43-45-46-48-50-52-55-58-61-64-67-70-76(79)82-73-74(72-81-75(78)69-66-63-60-57-54-21-18-15-12-9-6-3)83-77(80)71-68-65-62-59-56-53-51-49-47-44-31-29-27-25-23-20-17-14-11-8-5-2/h7-8,10-11,16-17,19-20,24-27,30-32,34-35,37-38,40-41,43-45,48-51,74H,4-6,9,12-15,18,21-23,28-29,33,36,39,42,46-47,52-73H2,1-3H3/b10-7-,11-8-,19-16-,20-17-,26-24-,27-25-,32-30-,35-34-,38-37-,41-40-,44-31-,45-43-,50-48-,51-49-. The second-order valence-electron chi connectivity index (χ2n) is 21.6. The predicted octanol–water partition coefficient (Wildman–Crippen LogP) is 23.4. The van der Waals surface area contributed by atoms with Gasteiger partial charge in [-0.3, -0.25) is 14.4 Å². The van der Waals surface area contributed by atoms with Crippen LogP contribution in [0, 0.1) is 0 Å². The zero-order valence-electron chi connectivity index (χ0n) is 53.4. The molecule has 1 unspecified atom stereocenters. The number of esters is 3. The molecule has 83 heavy (non-hydrogen) atoms. The number of ether oxygens (including phenoxy) is 3. The molecule has 0 amide bonds. The Labute approximate surface area is 511 Å². The van der Waals surface area contributed by atoms with Crippen LogP contribution in [0.15, 0.2) is 170 Å². The van der Waals surface area contributed by atoms with Gasteiger partial charge in [-0.05, 0) is 135 Å². The lowest BCUT2D eigenvalue weighted by Gasteiger charge is -2.18. The van der Waals surface area contributed by atoms with Gasteiger partial charge in [-0.25, -0.2) is 0 Å². The van der Waals surface area contributed by atoms with Crippen molar-refractivity contribution in [2.45, 2.75) is 284 Å². The van der Waals surface area contributed by atoms with E-state index in [1.807, 2.05) is 0 Å². The highest BCUT2D eigenvalue weighted by Gasteiger charge is 2.19. The summed E-state index contributed by atoms with van der Waals surface area (Å²) < 4.78 is 16.9. The Kier molecular flexibility index (Phi) is 64.9. The van der Waals surface area contributed by atoms with Crippen LogP contribution in [0.1, 0.15) is 278 Å². The van der Waals surface area contributed by atoms with Crippen LogP contribution in [0.5, 0.6) is 0 Å². The number of unbranched alkanes of at least 4 members (excludes halogenated alkanes) is 20. The minimum atomic E-state index is -0.804. The van der Waals surface area contributed by atoms with Crippen LogP contribution in [-0.4, -0.2) is 37.2 Å². The molecule has 0 aliphatic heterocycles. The van der Waals surface area contributed by atoms with Crippen LogP contribution >= 0.6 is 0 Å². The highest BCUT2D eigenvalue weighted by molar-refractivity contribution is 5.71. The van der Waals surface area contributed by atoms with E-state index in [1.54, 1.807) is 0 Å². The fraction of sp³-hybridized carbons (Fsp3) is 0.597. The Morgan fingerprint density at radius 3 is 0.735 bits per heavy atom. The smallest absolute Gasteiger partial charge is 0.306 e. The molecule has 6 nitrogen and oxygen atoms in total. The first kappa shape index (κ1) is 77.8. The molecule has 466 valence electrons. The fourth-order valence-corrected chi connectivity index (χ4v) is 8.76. The molecule has 0 saturated carbocycles. The second-order valence-corrected chi connectivity index (χ2v) is 21.6. The molecule has 0 aliphatic rings. The van der Waals surface area contributed by atoms with Crippen molar-refractivity contribution in [2.24, 2.45) is 0 Å². The van der Waals surface area contributed by atoms with Gasteiger partial charge in [-0.2, -0.15) is 0 Å². The largest absolute Gasteiger partial charge is 0.462 e. The Morgan fingerprint density at radius 2 is 0.470 bits per heavy atom. The third-order valence-corrected chi connectivity index (χ3v) is 13.7.